The topological polar surface area (TPSA) is 75.2 Å². The Labute approximate surface area is 200 Å². The molecule has 4 aromatic rings. The number of rotatable bonds is 9. The molecular formula is C27H33N5O2. The Kier molecular flexibility index (Phi) is 7.03. The first-order valence-electron chi connectivity index (χ1n) is 11.6. The van der Waals surface area contributed by atoms with Crippen LogP contribution in [0, 0.1) is 13.8 Å². The number of carbonyl (C=O) groups is 1. The van der Waals surface area contributed by atoms with E-state index in [1.54, 1.807) is 0 Å². The van der Waals surface area contributed by atoms with Gasteiger partial charge in [0.1, 0.15) is 11.9 Å². The molecule has 0 aliphatic carbocycles. The molecule has 0 bridgehead atoms. The lowest BCUT2D eigenvalue weighted by atomic mass is 10.1. The maximum atomic E-state index is 12.9. The van der Waals surface area contributed by atoms with Crippen molar-refractivity contribution in [1.82, 2.24) is 25.0 Å². The van der Waals surface area contributed by atoms with Crippen LogP contribution < -0.4 is 10.1 Å². The summed E-state index contributed by atoms with van der Waals surface area (Å²) < 4.78 is 7.92. The molecule has 2 heterocycles. The van der Waals surface area contributed by atoms with E-state index in [1.165, 1.54) is 16.7 Å². The number of amides is 1. The predicted molar refractivity (Wildman–Crippen MR) is 135 cm³/mol. The van der Waals surface area contributed by atoms with Gasteiger partial charge in [0.05, 0.1) is 23.8 Å². The summed E-state index contributed by atoms with van der Waals surface area (Å²) in [5.41, 5.74) is 6.14. The molecule has 7 nitrogen and oxygen atoms in total. The number of nitrogens with one attached hydrogen (secondary N) is 2. The molecule has 0 aliphatic rings. The van der Waals surface area contributed by atoms with Gasteiger partial charge in [-0.2, -0.15) is 5.10 Å². The SMILES string of the molecule is Cc1[nH]c2c(C(=O)NC[C@@H](C)Oc3cccc(CN(C)Cc4cnn(C)c4)c3)cccc2c1C. The molecule has 0 saturated carbocycles. The average molecular weight is 460 g/mol. The van der Waals surface area contributed by atoms with Gasteiger partial charge in [0.2, 0.25) is 0 Å². The molecule has 4 rings (SSSR count). The second kappa shape index (κ2) is 10.1. The Bertz CT molecular complexity index is 1290. The van der Waals surface area contributed by atoms with E-state index in [4.69, 9.17) is 4.74 Å². The number of carbonyl (C=O) groups excluding carboxylic acids is 1. The minimum Gasteiger partial charge on any atom is -0.489 e. The van der Waals surface area contributed by atoms with Crippen LogP contribution in [0.15, 0.2) is 54.9 Å². The standard InChI is InChI=1S/C27H33N5O2/c1-18(13-28-27(33)25-11-7-10-24-19(2)20(3)30-26(24)25)34-23-9-6-8-21(12-23)15-31(4)16-22-14-29-32(5)17-22/h6-12,14,17-18,30H,13,15-16H2,1-5H3,(H,28,33)/t18-/m1/s1. The zero-order valence-electron chi connectivity index (χ0n) is 20.6. The van der Waals surface area contributed by atoms with E-state index in [1.807, 2.05) is 68.3 Å². The highest BCUT2D eigenvalue weighted by Crippen LogP contribution is 2.24. The van der Waals surface area contributed by atoms with Crippen molar-refractivity contribution in [2.75, 3.05) is 13.6 Å². The van der Waals surface area contributed by atoms with Crippen LogP contribution in [0.3, 0.4) is 0 Å². The van der Waals surface area contributed by atoms with Gasteiger partial charge in [-0.15, -0.1) is 0 Å². The Morgan fingerprint density at radius 3 is 2.71 bits per heavy atom. The van der Waals surface area contributed by atoms with Crippen LogP contribution in [0.5, 0.6) is 5.75 Å². The molecule has 2 N–H and O–H groups in total. The summed E-state index contributed by atoms with van der Waals surface area (Å²) in [6.45, 7) is 8.10. The molecule has 0 fully saturated rings. The Morgan fingerprint density at radius 2 is 1.94 bits per heavy atom. The number of para-hydroxylation sites is 1. The Morgan fingerprint density at radius 1 is 1.18 bits per heavy atom. The number of aromatic nitrogens is 3. The third kappa shape index (κ3) is 5.48. The number of H-pyrrole nitrogens is 1. The lowest BCUT2D eigenvalue weighted by molar-refractivity contribution is 0.0933. The summed E-state index contributed by atoms with van der Waals surface area (Å²) in [6.07, 6.45) is 3.76. The molecule has 34 heavy (non-hydrogen) atoms. The summed E-state index contributed by atoms with van der Waals surface area (Å²) >= 11 is 0. The van der Waals surface area contributed by atoms with Crippen LogP contribution >= 0.6 is 0 Å². The lowest BCUT2D eigenvalue weighted by Crippen LogP contribution is -2.33. The summed E-state index contributed by atoms with van der Waals surface area (Å²) in [4.78, 5) is 18.4. The van der Waals surface area contributed by atoms with E-state index >= 15 is 0 Å². The maximum Gasteiger partial charge on any atom is 0.253 e. The van der Waals surface area contributed by atoms with Crippen LogP contribution in [-0.2, 0) is 20.1 Å². The van der Waals surface area contributed by atoms with Gasteiger partial charge in [0, 0.05) is 43.0 Å². The normalized spacial score (nSPS) is 12.3. The molecule has 2 aromatic heterocycles. The number of ether oxygens (including phenoxy) is 1. The predicted octanol–water partition coefficient (Wildman–Crippen LogP) is 4.35. The van der Waals surface area contributed by atoms with E-state index in [0.717, 1.165) is 35.4 Å². The van der Waals surface area contributed by atoms with E-state index in [-0.39, 0.29) is 12.0 Å². The fraction of sp³-hybridized carbons (Fsp3) is 0.333. The first-order valence-corrected chi connectivity index (χ1v) is 11.6. The van der Waals surface area contributed by atoms with Crippen molar-refractivity contribution < 1.29 is 9.53 Å². The highest BCUT2D eigenvalue weighted by molar-refractivity contribution is 6.06. The van der Waals surface area contributed by atoms with E-state index in [0.29, 0.717) is 12.1 Å². The van der Waals surface area contributed by atoms with Crippen LogP contribution in [-0.4, -0.2) is 45.3 Å². The van der Waals surface area contributed by atoms with Gasteiger partial charge >= 0.3 is 0 Å². The summed E-state index contributed by atoms with van der Waals surface area (Å²) in [7, 11) is 4.02. The van der Waals surface area contributed by atoms with Crippen molar-refractivity contribution in [3.63, 3.8) is 0 Å². The number of fused-ring (bicyclic) bond motifs is 1. The summed E-state index contributed by atoms with van der Waals surface area (Å²) in [6, 6.07) is 13.9. The minimum atomic E-state index is -0.168. The fourth-order valence-corrected chi connectivity index (χ4v) is 4.23. The number of nitrogens with zero attached hydrogens (tertiary/aromatic N) is 3. The van der Waals surface area contributed by atoms with Crippen LogP contribution in [0.4, 0.5) is 0 Å². The third-order valence-electron chi connectivity index (χ3n) is 6.04. The van der Waals surface area contributed by atoms with E-state index < -0.39 is 0 Å². The number of hydrogen-bond donors (Lipinski definition) is 2. The molecule has 0 radical (unpaired) electrons. The number of benzene rings is 2. The highest BCUT2D eigenvalue weighted by atomic mass is 16.5. The van der Waals surface area contributed by atoms with Crippen molar-refractivity contribution in [2.24, 2.45) is 7.05 Å². The zero-order chi connectivity index (χ0) is 24.2. The molecular weight excluding hydrogens is 426 g/mol. The minimum absolute atomic E-state index is 0.104. The monoisotopic (exact) mass is 459 g/mol. The number of aryl methyl sites for hydroxylation is 3. The van der Waals surface area contributed by atoms with Gasteiger partial charge < -0.3 is 15.0 Å². The maximum absolute atomic E-state index is 12.9. The van der Waals surface area contributed by atoms with Crippen molar-refractivity contribution >= 4 is 16.8 Å². The molecule has 1 atom stereocenters. The van der Waals surface area contributed by atoms with Gasteiger partial charge in [-0.3, -0.25) is 14.4 Å². The molecule has 7 heteroatoms. The van der Waals surface area contributed by atoms with Crippen LogP contribution in [0.25, 0.3) is 10.9 Å². The fourth-order valence-electron chi connectivity index (χ4n) is 4.23. The third-order valence-corrected chi connectivity index (χ3v) is 6.04. The molecule has 178 valence electrons. The molecule has 0 aliphatic heterocycles. The van der Waals surface area contributed by atoms with Gasteiger partial charge in [-0.05, 0) is 57.1 Å². The molecule has 1 amide bonds. The smallest absolute Gasteiger partial charge is 0.253 e. The van der Waals surface area contributed by atoms with Crippen molar-refractivity contribution in [1.29, 1.82) is 0 Å². The molecule has 0 spiro atoms. The van der Waals surface area contributed by atoms with Crippen LogP contribution in [0.2, 0.25) is 0 Å². The van der Waals surface area contributed by atoms with Crippen molar-refractivity contribution in [3.05, 3.63) is 82.8 Å². The van der Waals surface area contributed by atoms with E-state index in [2.05, 4.69) is 46.4 Å². The molecule has 0 saturated heterocycles. The van der Waals surface area contributed by atoms with E-state index in [9.17, 15) is 4.79 Å². The number of aromatic amines is 1. The Balaban J connectivity index is 1.32. The summed E-state index contributed by atoms with van der Waals surface area (Å²) in [5, 5.41) is 8.33. The first-order chi connectivity index (χ1) is 16.3. The molecule has 2 aromatic carbocycles. The quantitative estimate of drug-likeness (QED) is 0.390. The van der Waals surface area contributed by atoms with Gasteiger partial charge in [-0.25, -0.2) is 0 Å². The zero-order valence-corrected chi connectivity index (χ0v) is 20.6. The highest BCUT2D eigenvalue weighted by Gasteiger charge is 2.15. The number of hydrogen-bond acceptors (Lipinski definition) is 4. The Hall–Kier alpha value is -3.58. The second-order valence-electron chi connectivity index (χ2n) is 9.08. The average Bonchev–Trinajstić information content (AvgIpc) is 3.34. The van der Waals surface area contributed by atoms with Crippen LogP contribution in [0.1, 0.15) is 39.7 Å². The van der Waals surface area contributed by atoms with Crippen molar-refractivity contribution in [2.45, 2.75) is 40.0 Å². The van der Waals surface area contributed by atoms with Crippen molar-refractivity contribution in [3.8, 4) is 5.75 Å². The first kappa shape index (κ1) is 23.6. The largest absolute Gasteiger partial charge is 0.489 e. The van der Waals surface area contributed by atoms with Gasteiger partial charge in [-0.1, -0.05) is 24.3 Å². The lowest BCUT2D eigenvalue weighted by Gasteiger charge is -2.18. The second-order valence-corrected chi connectivity index (χ2v) is 9.08. The summed E-state index contributed by atoms with van der Waals surface area (Å²) in [5.74, 6) is 0.694. The van der Waals surface area contributed by atoms with Gasteiger partial charge in [0.15, 0.2) is 0 Å². The van der Waals surface area contributed by atoms with Gasteiger partial charge in [0.25, 0.3) is 5.91 Å². The molecule has 0 unspecified atom stereocenters.